The van der Waals surface area contributed by atoms with Crippen LogP contribution in [0.3, 0.4) is 0 Å². The summed E-state index contributed by atoms with van der Waals surface area (Å²) in [7, 11) is 4.08. The summed E-state index contributed by atoms with van der Waals surface area (Å²) < 4.78 is 0. The maximum absolute atomic E-state index is 12.2. The minimum Gasteiger partial charge on any atom is -0.298 e. The van der Waals surface area contributed by atoms with Crippen LogP contribution in [0.2, 0.25) is 0 Å². The average Bonchev–Trinajstić information content (AvgIpc) is 2.26. The van der Waals surface area contributed by atoms with Gasteiger partial charge in [0.05, 0.1) is 5.54 Å². The fourth-order valence-corrected chi connectivity index (χ4v) is 2.58. The van der Waals surface area contributed by atoms with Crippen LogP contribution in [0.4, 0.5) is 0 Å². The second-order valence-corrected chi connectivity index (χ2v) is 4.74. The quantitative estimate of drug-likeness (QED) is 0.649. The predicted molar refractivity (Wildman–Crippen MR) is 63.9 cm³/mol. The molecule has 0 unspecified atom stereocenters. The van der Waals surface area contributed by atoms with Crippen molar-refractivity contribution in [2.24, 2.45) is 0 Å². The molecule has 0 aliphatic heterocycles. The molecule has 15 heavy (non-hydrogen) atoms. The standard InChI is InChI=1S/C13H23NO/c1-4-5-9-12(15)13(14(2)3)10-7-6-8-11-13/h4H,1,5-11H2,2-3H3. The van der Waals surface area contributed by atoms with Crippen molar-refractivity contribution in [2.45, 2.75) is 50.5 Å². The van der Waals surface area contributed by atoms with Crippen LogP contribution in [-0.2, 0) is 4.79 Å². The molecule has 1 aliphatic rings. The summed E-state index contributed by atoms with van der Waals surface area (Å²) in [6, 6.07) is 0. The molecular formula is C13H23NO. The molecule has 2 nitrogen and oxygen atoms in total. The van der Waals surface area contributed by atoms with E-state index in [1.54, 1.807) is 0 Å². The zero-order valence-corrected chi connectivity index (χ0v) is 10.1. The van der Waals surface area contributed by atoms with E-state index in [-0.39, 0.29) is 5.54 Å². The van der Waals surface area contributed by atoms with Crippen molar-refractivity contribution in [1.82, 2.24) is 4.90 Å². The van der Waals surface area contributed by atoms with Gasteiger partial charge in [0.1, 0.15) is 0 Å². The summed E-state index contributed by atoms with van der Waals surface area (Å²) in [6.45, 7) is 3.68. The van der Waals surface area contributed by atoms with E-state index in [0.717, 1.165) is 19.3 Å². The van der Waals surface area contributed by atoms with Crippen molar-refractivity contribution in [3.8, 4) is 0 Å². The van der Waals surface area contributed by atoms with Gasteiger partial charge in [-0.2, -0.15) is 0 Å². The van der Waals surface area contributed by atoms with Crippen molar-refractivity contribution in [3.63, 3.8) is 0 Å². The molecule has 2 heteroatoms. The summed E-state index contributed by atoms with van der Waals surface area (Å²) >= 11 is 0. The number of hydrogen-bond acceptors (Lipinski definition) is 2. The topological polar surface area (TPSA) is 20.3 Å². The van der Waals surface area contributed by atoms with Crippen molar-refractivity contribution in [1.29, 1.82) is 0 Å². The number of hydrogen-bond donors (Lipinski definition) is 0. The van der Waals surface area contributed by atoms with Crippen LogP contribution in [0.25, 0.3) is 0 Å². The lowest BCUT2D eigenvalue weighted by Crippen LogP contribution is -2.52. The van der Waals surface area contributed by atoms with E-state index in [9.17, 15) is 4.79 Å². The highest BCUT2D eigenvalue weighted by Gasteiger charge is 2.40. The van der Waals surface area contributed by atoms with Crippen LogP contribution in [0, 0.1) is 0 Å². The van der Waals surface area contributed by atoms with E-state index in [1.807, 2.05) is 20.2 Å². The monoisotopic (exact) mass is 209 g/mol. The van der Waals surface area contributed by atoms with Gasteiger partial charge in [-0.1, -0.05) is 25.3 Å². The molecule has 0 saturated heterocycles. The second kappa shape index (κ2) is 5.45. The van der Waals surface area contributed by atoms with Crippen molar-refractivity contribution in [3.05, 3.63) is 12.7 Å². The lowest BCUT2D eigenvalue weighted by Gasteiger charge is -2.41. The summed E-state index contributed by atoms with van der Waals surface area (Å²) in [4.78, 5) is 14.4. The molecule has 0 radical (unpaired) electrons. The summed E-state index contributed by atoms with van der Waals surface area (Å²) in [5, 5.41) is 0. The van der Waals surface area contributed by atoms with Crippen molar-refractivity contribution in [2.75, 3.05) is 14.1 Å². The Morgan fingerprint density at radius 2 is 1.93 bits per heavy atom. The molecule has 0 spiro atoms. The van der Waals surface area contributed by atoms with Gasteiger partial charge in [0.15, 0.2) is 5.78 Å². The van der Waals surface area contributed by atoms with E-state index >= 15 is 0 Å². The van der Waals surface area contributed by atoms with Crippen LogP contribution in [0.5, 0.6) is 0 Å². The zero-order valence-electron chi connectivity index (χ0n) is 10.1. The highest BCUT2D eigenvalue weighted by Crippen LogP contribution is 2.34. The van der Waals surface area contributed by atoms with Gasteiger partial charge in [-0.3, -0.25) is 9.69 Å². The largest absolute Gasteiger partial charge is 0.298 e. The Hall–Kier alpha value is -0.630. The van der Waals surface area contributed by atoms with Crippen molar-refractivity contribution < 1.29 is 4.79 Å². The molecule has 1 rings (SSSR count). The number of rotatable bonds is 5. The molecule has 1 aliphatic carbocycles. The Bertz CT molecular complexity index is 227. The number of Topliss-reactive ketones (excluding diaryl/α,β-unsaturated/α-hetero) is 1. The number of ketones is 1. The maximum atomic E-state index is 12.2. The van der Waals surface area contributed by atoms with Gasteiger partial charge in [0, 0.05) is 6.42 Å². The first kappa shape index (κ1) is 12.4. The van der Waals surface area contributed by atoms with Gasteiger partial charge < -0.3 is 0 Å². The molecule has 1 saturated carbocycles. The fourth-order valence-electron chi connectivity index (χ4n) is 2.58. The maximum Gasteiger partial charge on any atom is 0.153 e. The van der Waals surface area contributed by atoms with Crippen LogP contribution in [0.15, 0.2) is 12.7 Å². The molecule has 0 bridgehead atoms. The van der Waals surface area contributed by atoms with E-state index in [2.05, 4.69) is 11.5 Å². The van der Waals surface area contributed by atoms with Crippen LogP contribution >= 0.6 is 0 Å². The Morgan fingerprint density at radius 3 is 2.40 bits per heavy atom. The molecule has 0 aromatic carbocycles. The molecule has 0 N–H and O–H groups in total. The minimum absolute atomic E-state index is 0.165. The lowest BCUT2D eigenvalue weighted by molar-refractivity contribution is -0.131. The third-order valence-electron chi connectivity index (χ3n) is 3.63. The Morgan fingerprint density at radius 1 is 1.33 bits per heavy atom. The zero-order chi connectivity index (χ0) is 11.3. The van der Waals surface area contributed by atoms with Crippen molar-refractivity contribution >= 4 is 5.78 Å². The summed E-state index contributed by atoms with van der Waals surface area (Å²) in [5.74, 6) is 0.409. The normalized spacial score (nSPS) is 20.2. The molecule has 86 valence electrons. The second-order valence-electron chi connectivity index (χ2n) is 4.74. The Labute approximate surface area is 93.3 Å². The van der Waals surface area contributed by atoms with Crippen LogP contribution < -0.4 is 0 Å². The van der Waals surface area contributed by atoms with E-state index in [1.165, 1.54) is 19.3 Å². The number of allylic oxidation sites excluding steroid dienone is 1. The molecule has 0 aromatic rings. The molecule has 1 fully saturated rings. The van der Waals surface area contributed by atoms with Gasteiger partial charge in [-0.25, -0.2) is 0 Å². The van der Waals surface area contributed by atoms with Gasteiger partial charge in [0.2, 0.25) is 0 Å². The van der Waals surface area contributed by atoms with Gasteiger partial charge >= 0.3 is 0 Å². The molecule has 0 aromatic heterocycles. The number of likely N-dealkylation sites (N-methyl/N-ethyl adjacent to an activating group) is 1. The number of carbonyl (C=O) groups is 1. The van der Waals surface area contributed by atoms with Crippen LogP contribution in [-0.4, -0.2) is 30.3 Å². The third kappa shape index (κ3) is 2.69. The summed E-state index contributed by atoms with van der Waals surface area (Å²) in [6.07, 6.45) is 9.05. The molecular weight excluding hydrogens is 186 g/mol. The highest BCUT2D eigenvalue weighted by molar-refractivity contribution is 5.88. The SMILES string of the molecule is C=CCCC(=O)C1(N(C)C)CCCCC1. The van der Waals surface area contributed by atoms with E-state index in [0.29, 0.717) is 12.2 Å². The smallest absolute Gasteiger partial charge is 0.153 e. The average molecular weight is 209 g/mol. The third-order valence-corrected chi connectivity index (χ3v) is 3.63. The van der Waals surface area contributed by atoms with E-state index in [4.69, 9.17) is 0 Å². The predicted octanol–water partition coefficient (Wildman–Crippen LogP) is 2.79. The van der Waals surface area contributed by atoms with Gasteiger partial charge in [-0.15, -0.1) is 6.58 Å². The molecule has 0 atom stereocenters. The Kier molecular flexibility index (Phi) is 4.52. The minimum atomic E-state index is -0.165. The summed E-state index contributed by atoms with van der Waals surface area (Å²) in [5.41, 5.74) is -0.165. The first-order valence-electron chi connectivity index (χ1n) is 5.95. The number of nitrogens with zero attached hydrogens (tertiary/aromatic N) is 1. The number of carbonyl (C=O) groups excluding carboxylic acids is 1. The van der Waals surface area contributed by atoms with Gasteiger partial charge in [0.25, 0.3) is 0 Å². The first-order valence-corrected chi connectivity index (χ1v) is 5.95. The lowest BCUT2D eigenvalue weighted by atomic mass is 9.76. The fraction of sp³-hybridized carbons (Fsp3) is 0.769. The first-order chi connectivity index (χ1) is 7.13. The Balaban J connectivity index is 2.70. The molecule has 0 amide bonds. The molecule has 0 heterocycles. The van der Waals surface area contributed by atoms with Crippen LogP contribution in [0.1, 0.15) is 44.9 Å². The van der Waals surface area contributed by atoms with E-state index < -0.39 is 0 Å². The van der Waals surface area contributed by atoms with Gasteiger partial charge in [-0.05, 0) is 33.4 Å². The highest BCUT2D eigenvalue weighted by atomic mass is 16.1.